The van der Waals surface area contributed by atoms with E-state index in [0.717, 1.165) is 18.4 Å². The Morgan fingerprint density at radius 1 is 1.00 bits per heavy atom. The Morgan fingerprint density at radius 2 is 1.56 bits per heavy atom. The summed E-state index contributed by atoms with van der Waals surface area (Å²) in [5, 5.41) is 3.70. The summed E-state index contributed by atoms with van der Waals surface area (Å²) in [6.07, 6.45) is 3.85. The van der Waals surface area contributed by atoms with Gasteiger partial charge in [-0.3, -0.25) is 0 Å². The molecule has 16 heavy (non-hydrogen) atoms. The maximum atomic E-state index is 3.70. The van der Waals surface area contributed by atoms with Gasteiger partial charge in [0, 0.05) is 6.04 Å². The highest BCUT2D eigenvalue weighted by Crippen LogP contribution is 2.30. The van der Waals surface area contributed by atoms with Gasteiger partial charge in [-0.15, -0.1) is 0 Å². The van der Waals surface area contributed by atoms with Crippen LogP contribution in [0.2, 0.25) is 0 Å². The van der Waals surface area contributed by atoms with Crippen molar-refractivity contribution in [2.45, 2.75) is 73.8 Å². The molecule has 1 N–H and O–H groups in total. The van der Waals surface area contributed by atoms with Crippen molar-refractivity contribution in [2.75, 3.05) is 6.54 Å². The van der Waals surface area contributed by atoms with Crippen molar-refractivity contribution in [2.24, 2.45) is 17.3 Å². The van der Waals surface area contributed by atoms with Crippen LogP contribution < -0.4 is 5.32 Å². The van der Waals surface area contributed by atoms with Crippen LogP contribution in [0.5, 0.6) is 0 Å². The summed E-state index contributed by atoms with van der Waals surface area (Å²) in [6.45, 7) is 17.5. The minimum atomic E-state index is 0.434. The molecule has 2 atom stereocenters. The van der Waals surface area contributed by atoms with E-state index in [0.29, 0.717) is 11.5 Å². The lowest BCUT2D eigenvalue weighted by Gasteiger charge is -2.32. The summed E-state index contributed by atoms with van der Waals surface area (Å²) in [4.78, 5) is 0. The summed E-state index contributed by atoms with van der Waals surface area (Å²) in [6, 6.07) is 0.703. The third kappa shape index (κ3) is 7.27. The predicted octanol–water partition coefficient (Wildman–Crippen LogP) is 4.47. The van der Waals surface area contributed by atoms with Gasteiger partial charge in [0.15, 0.2) is 0 Å². The maximum absolute atomic E-state index is 3.70. The van der Waals surface area contributed by atoms with Crippen molar-refractivity contribution in [1.82, 2.24) is 5.32 Å². The molecule has 0 saturated heterocycles. The normalized spacial score (nSPS) is 16.5. The Bertz CT molecular complexity index is 167. The first-order chi connectivity index (χ1) is 7.27. The van der Waals surface area contributed by atoms with Gasteiger partial charge < -0.3 is 5.32 Å². The van der Waals surface area contributed by atoms with E-state index < -0.39 is 0 Å². The average molecular weight is 227 g/mol. The Balaban J connectivity index is 4.18. The molecule has 0 bridgehead atoms. The van der Waals surface area contributed by atoms with Crippen LogP contribution in [0.15, 0.2) is 0 Å². The fraction of sp³-hybridized carbons (Fsp3) is 1.00. The van der Waals surface area contributed by atoms with E-state index in [1.165, 1.54) is 19.3 Å². The van der Waals surface area contributed by atoms with Crippen molar-refractivity contribution in [3.63, 3.8) is 0 Å². The Labute approximate surface area is 103 Å². The molecule has 0 amide bonds. The van der Waals surface area contributed by atoms with Crippen molar-refractivity contribution >= 4 is 0 Å². The molecule has 0 aromatic carbocycles. The summed E-state index contributed by atoms with van der Waals surface area (Å²) in [7, 11) is 0. The highest BCUT2D eigenvalue weighted by atomic mass is 14.9. The van der Waals surface area contributed by atoms with E-state index in [4.69, 9.17) is 0 Å². The van der Waals surface area contributed by atoms with Crippen LogP contribution >= 0.6 is 0 Å². The zero-order valence-corrected chi connectivity index (χ0v) is 12.6. The highest BCUT2D eigenvalue weighted by molar-refractivity contribution is 4.77. The lowest BCUT2D eigenvalue weighted by Crippen LogP contribution is -2.35. The molecular weight excluding hydrogens is 194 g/mol. The van der Waals surface area contributed by atoms with Gasteiger partial charge in [-0.2, -0.15) is 0 Å². The molecule has 0 radical (unpaired) electrons. The van der Waals surface area contributed by atoms with E-state index in [-0.39, 0.29) is 0 Å². The van der Waals surface area contributed by atoms with E-state index in [1.54, 1.807) is 0 Å². The SMILES string of the molecule is CCCNC(CC(C)C)CC(C)C(C)(C)C. The van der Waals surface area contributed by atoms with Crippen LogP contribution in [0.3, 0.4) is 0 Å². The van der Waals surface area contributed by atoms with Crippen LogP contribution in [0.1, 0.15) is 67.7 Å². The van der Waals surface area contributed by atoms with Gasteiger partial charge in [0.25, 0.3) is 0 Å². The van der Waals surface area contributed by atoms with E-state index >= 15 is 0 Å². The topological polar surface area (TPSA) is 12.0 Å². The predicted molar refractivity (Wildman–Crippen MR) is 74.8 cm³/mol. The molecule has 0 saturated carbocycles. The average Bonchev–Trinajstić information content (AvgIpc) is 2.11. The molecule has 0 aliphatic rings. The molecular formula is C15H33N. The summed E-state index contributed by atoms with van der Waals surface area (Å²) in [5.74, 6) is 1.57. The molecule has 0 rings (SSSR count). The maximum Gasteiger partial charge on any atom is 0.00722 e. The van der Waals surface area contributed by atoms with Crippen molar-refractivity contribution in [3.05, 3.63) is 0 Å². The zero-order chi connectivity index (χ0) is 12.8. The minimum Gasteiger partial charge on any atom is -0.314 e. The largest absolute Gasteiger partial charge is 0.314 e. The quantitative estimate of drug-likeness (QED) is 0.676. The van der Waals surface area contributed by atoms with E-state index in [2.05, 4.69) is 53.8 Å². The Hall–Kier alpha value is -0.0400. The molecule has 0 fully saturated rings. The van der Waals surface area contributed by atoms with Gasteiger partial charge in [0.2, 0.25) is 0 Å². The van der Waals surface area contributed by atoms with Gasteiger partial charge in [-0.1, -0.05) is 48.5 Å². The molecule has 98 valence electrons. The number of nitrogens with one attached hydrogen (secondary N) is 1. The minimum absolute atomic E-state index is 0.434. The molecule has 0 aliphatic heterocycles. The van der Waals surface area contributed by atoms with Crippen LogP contribution in [0, 0.1) is 17.3 Å². The van der Waals surface area contributed by atoms with Gasteiger partial charge in [-0.25, -0.2) is 0 Å². The van der Waals surface area contributed by atoms with Crippen LogP contribution in [-0.4, -0.2) is 12.6 Å². The van der Waals surface area contributed by atoms with Crippen LogP contribution in [-0.2, 0) is 0 Å². The fourth-order valence-corrected chi connectivity index (χ4v) is 1.96. The second-order valence-electron chi connectivity index (χ2n) is 6.78. The Morgan fingerprint density at radius 3 is 1.94 bits per heavy atom. The third-order valence-electron chi connectivity index (χ3n) is 3.56. The number of hydrogen-bond donors (Lipinski definition) is 1. The van der Waals surface area contributed by atoms with Gasteiger partial charge in [0.1, 0.15) is 0 Å². The first-order valence-electron chi connectivity index (χ1n) is 7.00. The second kappa shape index (κ2) is 7.32. The first-order valence-corrected chi connectivity index (χ1v) is 7.00. The summed E-state index contributed by atoms with van der Waals surface area (Å²) < 4.78 is 0. The monoisotopic (exact) mass is 227 g/mol. The highest BCUT2D eigenvalue weighted by Gasteiger charge is 2.23. The zero-order valence-electron chi connectivity index (χ0n) is 12.6. The lowest BCUT2D eigenvalue weighted by atomic mass is 9.77. The van der Waals surface area contributed by atoms with Crippen molar-refractivity contribution in [3.8, 4) is 0 Å². The molecule has 1 nitrogen and oxygen atoms in total. The molecule has 2 unspecified atom stereocenters. The second-order valence-corrected chi connectivity index (χ2v) is 6.78. The third-order valence-corrected chi connectivity index (χ3v) is 3.56. The van der Waals surface area contributed by atoms with Crippen LogP contribution in [0.4, 0.5) is 0 Å². The van der Waals surface area contributed by atoms with Crippen molar-refractivity contribution in [1.29, 1.82) is 0 Å². The Kier molecular flexibility index (Phi) is 7.30. The van der Waals surface area contributed by atoms with Crippen molar-refractivity contribution < 1.29 is 0 Å². The van der Waals surface area contributed by atoms with Crippen LogP contribution in [0.25, 0.3) is 0 Å². The summed E-state index contributed by atoms with van der Waals surface area (Å²) >= 11 is 0. The molecule has 0 aliphatic carbocycles. The van der Waals surface area contributed by atoms with Gasteiger partial charge >= 0.3 is 0 Å². The number of hydrogen-bond acceptors (Lipinski definition) is 1. The van der Waals surface area contributed by atoms with E-state index in [1.807, 2.05) is 0 Å². The molecule has 0 spiro atoms. The summed E-state index contributed by atoms with van der Waals surface area (Å²) in [5.41, 5.74) is 0.434. The molecule has 0 aromatic heterocycles. The number of rotatable bonds is 7. The molecule has 1 heteroatoms. The first kappa shape index (κ1) is 16.0. The smallest absolute Gasteiger partial charge is 0.00722 e. The lowest BCUT2D eigenvalue weighted by molar-refractivity contribution is 0.213. The van der Waals surface area contributed by atoms with Gasteiger partial charge in [-0.05, 0) is 43.1 Å². The fourth-order valence-electron chi connectivity index (χ4n) is 1.96. The van der Waals surface area contributed by atoms with E-state index in [9.17, 15) is 0 Å². The molecule has 0 heterocycles. The molecule has 0 aromatic rings. The van der Waals surface area contributed by atoms with Gasteiger partial charge in [0.05, 0.1) is 0 Å². The standard InChI is InChI=1S/C15H33N/c1-8-9-16-14(10-12(2)3)11-13(4)15(5,6)7/h12-14,16H,8-11H2,1-7H3.